The number of para-hydroxylation sites is 3. The molecule has 0 amide bonds. The van der Waals surface area contributed by atoms with Crippen molar-refractivity contribution in [3.05, 3.63) is 199 Å². The molecule has 4 heterocycles. The monoisotopic (exact) mass is 736 g/mol. The van der Waals surface area contributed by atoms with E-state index in [2.05, 4.69) is 203 Å². The Bertz CT molecular complexity index is 3210. The smallest absolute Gasteiger partial charge is 0.159 e. The van der Waals surface area contributed by atoms with Gasteiger partial charge in [-0.3, -0.25) is 16.0 Å². The predicted molar refractivity (Wildman–Crippen MR) is 231 cm³/mol. The lowest BCUT2D eigenvalue weighted by molar-refractivity contribution is 0.203. The van der Waals surface area contributed by atoms with Crippen LogP contribution in [0.5, 0.6) is 0 Å². The third kappa shape index (κ3) is 5.16. The molecule has 1 saturated heterocycles. The largest absolute Gasteiger partial charge is 0.456 e. The van der Waals surface area contributed by atoms with E-state index in [0.29, 0.717) is 0 Å². The minimum absolute atomic E-state index is 0.0450. The molecule has 6 heteroatoms. The zero-order valence-corrected chi connectivity index (χ0v) is 30.8. The third-order valence-electron chi connectivity index (χ3n) is 11.7. The van der Waals surface area contributed by atoms with Gasteiger partial charge >= 0.3 is 0 Å². The minimum atomic E-state index is -0.116. The van der Waals surface area contributed by atoms with Crippen LogP contribution in [-0.4, -0.2) is 4.57 Å². The normalized spacial score (nSPS) is 17.4. The lowest BCUT2D eigenvalue weighted by atomic mass is 9.97. The maximum absolute atomic E-state index is 6.80. The lowest BCUT2D eigenvalue weighted by Crippen LogP contribution is -2.54. The average Bonchev–Trinajstić information content (AvgIpc) is 3.96. The Labute approximate surface area is 327 Å². The summed E-state index contributed by atoms with van der Waals surface area (Å²) in [5, 5.41) is 18.2. The zero-order valence-electron chi connectivity index (χ0n) is 30.8. The number of nitrogens with one attached hydrogen (secondary N) is 3. The van der Waals surface area contributed by atoms with Crippen LogP contribution in [0.15, 0.2) is 191 Å². The fraction of sp³-hybridized carbons (Fsp3) is 0.0588. The highest BCUT2D eigenvalue weighted by Crippen LogP contribution is 2.43. The number of aromatic nitrogens is 1. The van der Waals surface area contributed by atoms with E-state index in [4.69, 9.17) is 8.83 Å². The van der Waals surface area contributed by atoms with Crippen molar-refractivity contribution in [2.45, 2.75) is 18.5 Å². The maximum Gasteiger partial charge on any atom is 0.159 e. The second-order valence-electron chi connectivity index (χ2n) is 15.0. The molecule has 8 aromatic carbocycles. The summed E-state index contributed by atoms with van der Waals surface area (Å²) in [6, 6.07) is 64.3. The standard InChI is InChI=1S/C51H36N4O2/c1-3-13-31(14-4-1)49-52-50(32-15-5-2-6-16-32)54-51(53-49)34-25-27-38-40-29-33(26-28-44(40)56-46(38)30-34)35-19-12-24-45-47(35)39-20-11-23-43(48(39)57-45)55-41-21-9-7-17-36(41)37-18-8-10-22-42(37)55/h1-30,49-54H. The molecule has 3 N–H and O–H groups in total. The Morgan fingerprint density at radius 3 is 1.70 bits per heavy atom. The van der Waals surface area contributed by atoms with Crippen LogP contribution in [0.2, 0.25) is 0 Å². The van der Waals surface area contributed by atoms with Gasteiger partial charge in [-0.2, -0.15) is 0 Å². The number of rotatable bonds is 5. The molecule has 0 saturated carbocycles. The van der Waals surface area contributed by atoms with E-state index >= 15 is 0 Å². The van der Waals surface area contributed by atoms with Crippen molar-refractivity contribution in [1.82, 2.24) is 20.5 Å². The summed E-state index contributed by atoms with van der Waals surface area (Å²) in [7, 11) is 0. The van der Waals surface area contributed by atoms with Crippen molar-refractivity contribution in [2.75, 3.05) is 0 Å². The number of nitrogens with zero attached hydrogens (tertiary/aromatic N) is 1. The van der Waals surface area contributed by atoms with Crippen molar-refractivity contribution in [1.29, 1.82) is 0 Å². The summed E-state index contributed by atoms with van der Waals surface area (Å²) in [4.78, 5) is 0. The molecule has 6 nitrogen and oxygen atoms in total. The Morgan fingerprint density at radius 2 is 1.00 bits per heavy atom. The third-order valence-corrected chi connectivity index (χ3v) is 11.7. The first-order chi connectivity index (χ1) is 28.2. The molecular weight excluding hydrogens is 701 g/mol. The maximum atomic E-state index is 6.80. The van der Waals surface area contributed by atoms with E-state index < -0.39 is 0 Å². The molecule has 12 rings (SSSR count). The first-order valence-corrected chi connectivity index (χ1v) is 19.5. The number of fused-ring (bicyclic) bond motifs is 9. The van der Waals surface area contributed by atoms with E-state index in [9.17, 15) is 0 Å². The molecule has 2 atom stereocenters. The molecule has 1 aliphatic rings. The van der Waals surface area contributed by atoms with E-state index in [1.165, 1.54) is 21.9 Å². The molecule has 1 aliphatic heterocycles. The number of hydrogen-bond acceptors (Lipinski definition) is 5. The van der Waals surface area contributed by atoms with Crippen LogP contribution in [0.4, 0.5) is 0 Å². The fourth-order valence-electron chi connectivity index (χ4n) is 9.09. The van der Waals surface area contributed by atoms with Crippen molar-refractivity contribution in [3.8, 4) is 16.8 Å². The van der Waals surface area contributed by atoms with Crippen LogP contribution in [0.3, 0.4) is 0 Å². The number of benzene rings is 8. The van der Waals surface area contributed by atoms with Gasteiger partial charge in [-0.15, -0.1) is 0 Å². The molecule has 3 aromatic heterocycles. The van der Waals surface area contributed by atoms with Crippen LogP contribution in [-0.2, 0) is 0 Å². The molecule has 0 spiro atoms. The van der Waals surface area contributed by atoms with Crippen LogP contribution in [0.25, 0.3) is 82.5 Å². The van der Waals surface area contributed by atoms with E-state index in [-0.39, 0.29) is 18.5 Å². The van der Waals surface area contributed by atoms with Crippen molar-refractivity contribution in [2.24, 2.45) is 0 Å². The zero-order chi connectivity index (χ0) is 37.5. The van der Waals surface area contributed by atoms with Gasteiger partial charge in [-0.1, -0.05) is 140 Å². The van der Waals surface area contributed by atoms with Crippen molar-refractivity contribution < 1.29 is 8.83 Å². The van der Waals surface area contributed by atoms with Gasteiger partial charge in [0.05, 0.1) is 35.2 Å². The second-order valence-corrected chi connectivity index (χ2v) is 15.0. The van der Waals surface area contributed by atoms with Gasteiger partial charge in [-0.05, 0) is 70.3 Å². The summed E-state index contributed by atoms with van der Waals surface area (Å²) in [6.07, 6.45) is -0.207. The van der Waals surface area contributed by atoms with Crippen molar-refractivity contribution in [3.63, 3.8) is 0 Å². The Morgan fingerprint density at radius 1 is 0.386 bits per heavy atom. The number of hydrogen-bond donors (Lipinski definition) is 3. The Kier molecular flexibility index (Phi) is 7.25. The first kappa shape index (κ1) is 32.3. The molecule has 1 fully saturated rings. The lowest BCUT2D eigenvalue weighted by Gasteiger charge is -2.39. The molecule has 57 heavy (non-hydrogen) atoms. The summed E-state index contributed by atoms with van der Waals surface area (Å²) >= 11 is 0. The van der Waals surface area contributed by atoms with Gasteiger partial charge in [0.1, 0.15) is 16.7 Å². The van der Waals surface area contributed by atoms with Gasteiger partial charge < -0.3 is 13.4 Å². The number of furan rings is 2. The minimum Gasteiger partial charge on any atom is -0.456 e. The topological polar surface area (TPSA) is 67.3 Å². The highest BCUT2D eigenvalue weighted by molar-refractivity contribution is 6.17. The van der Waals surface area contributed by atoms with Crippen LogP contribution >= 0.6 is 0 Å². The highest BCUT2D eigenvalue weighted by atomic mass is 16.3. The van der Waals surface area contributed by atoms with Crippen LogP contribution in [0.1, 0.15) is 35.2 Å². The Hall–Kier alpha value is -6.96. The molecule has 0 aliphatic carbocycles. The van der Waals surface area contributed by atoms with Crippen LogP contribution < -0.4 is 16.0 Å². The van der Waals surface area contributed by atoms with E-state index in [1.54, 1.807) is 0 Å². The molecule has 272 valence electrons. The van der Waals surface area contributed by atoms with E-state index in [1.807, 2.05) is 0 Å². The molecular formula is C51H36N4O2. The van der Waals surface area contributed by atoms with Crippen molar-refractivity contribution >= 4 is 65.7 Å². The molecule has 11 aromatic rings. The van der Waals surface area contributed by atoms with Crippen LogP contribution in [0, 0.1) is 0 Å². The van der Waals surface area contributed by atoms with E-state index in [0.717, 1.165) is 77.3 Å². The molecule has 0 bridgehead atoms. The van der Waals surface area contributed by atoms with Gasteiger partial charge in [0.25, 0.3) is 0 Å². The average molecular weight is 737 g/mol. The summed E-state index contributed by atoms with van der Waals surface area (Å²) < 4.78 is 15.7. The van der Waals surface area contributed by atoms with Gasteiger partial charge in [-0.25, -0.2) is 0 Å². The summed E-state index contributed by atoms with van der Waals surface area (Å²) in [6.45, 7) is 0. The van der Waals surface area contributed by atoms with Gasteiger partial charge in [0.2, 0.25) is 0 Å². The van der Waals surface area contributed by atoms with Gasteiger partial charge in [0.15, 0.2) is 5.58 Å². The first-order valence-electron chi connectivity index (χ1n) is 19.5. The molecule has 2 unspecified atom stereocenters. The Balaban J connectivity index is 0.950. The SMILES string of the molecule is c1ccc(C2NC(c3ccccc3)NC(c3ccc4c(c3)oc3ccc(-c5cccc6oc7c(-n8c9ccccc9c9ccccc98)cccc7c56)cc34)N2)cc1. The predicted octanol–water partition coefficient (Wildman–Crippen LogP) is 12.4. The van der Waals surface area contributed by atoms with Gasteiger partial charge in [0, 0.05) is 32.3 Å². The second kappa shape index (κ2) is 12.8. The summed E-state index contributed by atoms with van der Waals surface area (Å²) in [5.74, 6) is 0. The highest BCUT2D eigenvalue weighted by Gasteiger charge is 2.30. The fourth-order valence-corrected chi connectivity index (χ4v) is 9.09. The molecule has 0 radical (unpaired) electrons. The summed E-state index contributed by atoms with van der Waals surface area (Å²) in [5.41, 5.74) is 12.5. The quantitative estimate of drug-likeness (QED) is 0.164.